The van der Waals surface area contributed by atoms with Crippen molar-refractivity contribution in [2.45, 2.75) is 45.6 Å². The van der Waals surface area contributed by atoms with Gasteiger partial charge in [-0.15, -0.1) is 0 Å². The maximum atomic E-state index is 13.6. The third kappa shape index (κ3) is 3.90. The van der Waals surface area contributed by atoms with E-state index in [1.165, 1.54) is 25.3 Å². The fourth-order valence-corrected chi connectivity index (χ4v) is 2.85. The van der Waals surface area contributed by atoms with Crippen LogP contribution in [0, 0.1) is 18.7 Å². The summed E-state index contributed by atoms with van der Waals surface area (Å²) in [6, 6.07) is 5.39. The van der Waals surface area contributed by atoms with E-state index in [1.807, 2.05) is 6.92 Å². The summed E-state index contributed by atoms with van der Waals surface area (Å²) in [7, 11) is 0. The van der Waals surface area contributed by atoms with Crippen LogP contribution >= 0.6 is 12.2 Å². The smallest absolute Gasteiger partial charge is 0.171 e. The molecular formula is C15H21FN2S. The van der Waals surface area contributed by atoms with Crippen molar-refractivity contribution in [3.8, 4) is 0 Å². The Hall–Kier alpha value is -1.16. The molecule has 2 atom stereocenters. The van der Waals surface area contributed by atoms with E-state index in [4.69, 9.17) is 12.2 Å². The van der Waals surface area contributed by atoms with Crippen molar-refractivity contribution < 1.29 is 4.39 Å². The minimum atomic E-state index is -0.272. The van der Waals surface area contributed by atoms with Gasteiger partial charge in [-0.2, -0.15) is 0 Å². The van der Waals surface area contributed by atoms with Crippen molar-refractivity contribution >= 4 is 23.0 Å². The molecule has 4 heteroatoms. The van der Waals surface area contributed by atoms with E-state index >= 15 is 0 Å². The first-order chi connectivity index (χ1) is 9.06. The van der Waals surface area contributed by atoms with Crippen LogP contribution in [0.4, 0.5) is 10.1 Å². The van der Waals surface area contributed by atoms with Gasteiger partial charge < -0.3 is 10.6 Å². The van der Waals surface area contributed by atoms with Gasteiger partial charge in [0.25, 0.3) is 0 Å². The number of nitrogens with one attached hydrogen (secondary N) is 2. The fourth-order valence-electron chi connectivity index (χ4n) is 2.59. The monoisotopic (exact) mass is 280 g/mol. The molecule has 1 aromatic carbocycles. The standard InChI is InChI=1S/C15H21FN2S/c1-10-7-8-12(16)14(9-10)18-15(19)17-13-6-4-3-5-11(13)2/h7-9,11,13H,3-6H2,1-2H3,(H2,17,18,19)/t11-,13-/m0/s1. The lowest BCUT2D eigenvalue weighted by atomic mass is 9.86. The topological polar surface area (TPSA) is 24.1 Å². The van der Waals surface area contributed by atoms with Gasteiger partial charge in [0.05, 0.1) is 5.69 Å². The van der Waals surface area contributed by atoms with Crippen molar-refractivity contribution in [2.24, 2.45) is 5.92 Å². The van der Waals surface area contributed by atoms with Gasteiger partial charge in [0.2, 0.25) is 0 Å². The zero-order valence-corrected chi connectivity index (χ0v) is 12.3. The highest BCUT2D eigenvalue weighted by atomic mass is 32.1. The Balaban J connectivity index is 1.95. The molecule has 1 aliphatic rings. The molecule has 0 amide bonds. The van der Waals surface area contributed by atoms with Crippen molar-refractivity contribution in [3.63, 3.8) is 0 Å². The van der Waals surface area contributed by atoms with Crippen molar-refractivity contribution in [3.05, 3.63) is 29.6 Å². The lowest BCUT2D eigenvalue weighted by Crippen LogP contribution is -2.43. The van der Waals surface area contributed by atoms with E-state index in [1.54, 1.807) is 12.1 Å². The Kier molecular flexibility index (Phi) is 4.75. The van der Waals surface area contributed by atoms with E-state index in [2.05, 4.69) is 17.6 Å². The first-order valence-corrected chi connectivity index (χ1v) is 7.31. The number of benzene rings is 1. The van der Waals surface area contributed by atoms with Crippen LogP contribution in [0.1, 0.15) is 38.2 Å². The minimum Gasteiger partial charge on any atom is -0.359 e. The summed E-state index contributed by atoms with van der Waals surface area (Å²) in [5.41, 5.74) is 1.46. The molecule has 19 heavy (non-hydrogen) atoms. The van der Waals surface area contributed by atoms with Crippen molar-refractivity contribution in [2.75, 3.05) is 5.32 Å². The van der Waals surface area contributed by atoms with Crippen molar-refractivity contribution in [1.82, 2.24) is 5.32 Å². The highest BCUT2D eigenvalue weighted by Crippen LogP contribution is 2.24. The van der Waals surface area contributed by atoms with Crippen LogP contribution in [-0.4, -0.2) is 11.2 Å². The van der Waals surface area contributed by atoms with E-state index in [9.17, 15) is 4.39 Å². The van der Waals surface area contributed by atoms with Gasteiger partial charge in [0.15, 0.2) is 5.11 Å². The summed E-state index contributed by atoms with van der Waals surface area (Å²) in [5, 5.41) is 6.80. The van der Waals surface area contributed by atoms with E-state index in [-0.39, 0.29) is 5.82 Å². The lowest BCUT2D eigenvalue weighted by molar-refractivity contribution is 0.309. The first-order valence-electron chi connectivity index (χ1n) is 6.90. The van der Waals surface area contributed by atoms with Gasteiger partial charge in [-0.05, 0) is 55.6 Å². The number of hydrogen-bond donors (Lipinski definition) is 2. The Morgan fingerprint density at radius 3 is 2.79 bits per heavy atom. The lowest BCUT2D eigenvalue weighted by Gasteiger charge is -2.30. The average Bonchev–Trinajstić information content (AvgIpc) is 2.37. The van der Waals surface area contributed by atoms with Crippen LogP contribution in [0.3, 0.4) is 0 Å². The van der Waals surface area contributed by atoms with Crippen LogP contribution in [0.15, 0.2) is 18.2 Å². The molecule has 0 unspecified atom stereocenters. The van der Waals surface area contributed by atoms with Crippen LogP contribution in [-0.2, 0) is 0 Å². The number of halogens is 1. The van der Waals surface area contributed by atoms with E-state index in [0.717, 1.165) is 12.0 Å². The number of thiocarbonyl (C=S) groups is 1. The van der Waals surface area contributed by atoms with Gasteiger partial charge in [-0.25, -0.2) is 4.39 Å². The molecule has 104 valence electrons. The average molecular weight is 280 g/mol. The predicted molar refractivity (Wildman–Crippen MR) is 81.9 cm³/mol. The van der Waals surface area contributed by atoms with Gasteiger partial charge in [0, 0.05) is 6.04 Å². The van der Waals surface area contributed by atoms with Crippen LogP contribution in [0.2, 0.25) is 0 Å². The molecule has 1 saturated carbocycles. The molecule has 1 aromatic rings. The Labute approximate surface area is 119 Å². The van der Waals surface area contributed by atoms with Gasteiger partial charge in [0.1, 0.15) is 5.82 Å². The number of hydrogen-bond acceptors (Lipinski definition) is 1. The maximum Gasteiger partial charge on any atom is 0.171 e. The fraction of sp³-hybridized carbons (Fsp3) is 0.533. The second-order valence-corrected chi connectivity index (χ2v) is 5.86. The molecule has 0 aliphatic heterocycles. The number of anilines is 1. The number of aryl methyl sites for hydroxylation is 1. The quantitative estimate of drug-likeness (QED) is 0.801. The predicted octanol–water partition coefficient (Wildman–Crippen LogP) is 4.00. The molecule has 0 aromatic heterocycles. The van der Waals surface area contributed by atoms with Gasteiger partial charge >= 0.3 is 0 Å². The molecule has 0 radical (unpaired) electrons. The second-order valence-electron chi connectivity index (χ2n) is 5.45. The zero-order chi connectivity index (χ0) is 13.8. The van der Waals surface area contributed by atoms with Crippen molar-refractivity contribution in [1.29, 1.82) is 0 Å². The summed E-state index contributed by atoms with van der Waals surface area (Å²) in [6.45, 7) is 4.18. The normalized spacial score (nSPS) is 22.9. The first kappa shape index (κ1) is 14.3. The molecule has 2 N–H and O–H groups in total. The summed E-state index contributed by atoms with van der Waals surface area (Å²) in [6.07, 6.45) is 4.91. The number of rotatable bonds is 2. The Morgan fingerprint density at radius 2 is 2.05 bits per heavy atom. The molecular weight excluding hydrogens is 259 g/mol. The van der Waals surface area contributed by atoms with Crippen LogP contribution in [0.5, 0.6) is 0 Å². The molecule has 0 heterocycles. The highest BCUT2D eigenvalue weighted by Gasteiger charge is 2.21. The summed E-state index contributed by atoms with van der Waals surface area (Å²) >= 11 is 5.28. The Morgan fingerprint density at radius 1 is 1.32 bits per heavy atom. The third-order valence-corrected chi connectivity index (χ3v) is 4.02. The zero-order valence-electron chi connectivity index (χ0n) is 11.5. The maximum absolute atomic E-state index is 13.6. The van der Waals surface area contributed by atoms with Crippen LogP contribution < -0.4 is 10.6 Å². The van der Waals surface area contributed by atoms with Gasteiger partial charge in [-0.1, -0.05) is 25.8 Å². The molecule has 0 bridgehead atoms. The SMILES string of the molecule is Cc1ccc(F)c(NC(=S)N[C@H]2CCCC[C@@H]2C)c1. The summed E-state index contributed by atoms with van der Waals surface area (Å²) in [4.78, 5) is 0. The molecule has 1 aliphatic carbocycles. The van der Waals surface area contributed by atoms with E-state index < -0.39 is 0 Å². The Bertz CT molecular complexity index is 461. The highest BCUT2D eigenvalue weighted by molar-refractivity contribution is 7.80. The molecule has 0 spiro atoms. The molecule has 0 saturated heterocycles. The summed E-state index contributed by atoms with van der Waals surface area (Å²) < 4.78 is 13.6. The third-order valence-electron chi connectivity index (χ3n) is 3.80. The molecule has 2 nitrogen and oxygen atoms in total. The van der Waals surface area contributed by atoms with Crippen LogP contribution in [0.25, 0.3) is 0 Å². The summed E-state index contributed by atoms with van der Waals surface area (Å²) in [5.74, 6) is 0.349. The molecule has 2 rings (SSSR count). The van der Waals surface area contributed by atoms with Gasteiger partial charge in [-0.3, -0.25) is 0 Å². The minimum absolute atomic E-state index is 0.272. The second kappa shape index (κ2) is 6.33. The molecule has 1 fully saturated rings. The largest absolute Gasteiger partial charge is 0.359 e. The van der Waals surface area contributed by atoms with E-state index in [0.29, 0.717) is 22.8 Å².